The Morgan fingerprint density at radius 3 is 2.35 bits per heavy atom. The number of nitrogens with one attached hydrogen (secondary N) is 1. The minimum Gasteiger partial charge on any atom is -0.307 e. The molecule has 0 amide bonds. The molecule has 3 rings (SSSR count). The Labute approximate surface area is 118 Å². The SMILES string of the molecule is Cc1ccc(/C=C(/c2ccc(N=O)cc2)C2CN2)cc1. The van der Waals surface area contributed by atoms with Crippen molar-refractivity contribution in [3.8, 4) is 0 Å². The molecule has 1 atom stereocenters. The lowest BCUT2D eigenvalue weighted by molar-refractivity contribution is 1.22. The van der Waals surface area contributed by atoms with E-state index in [-0.39, 0.29) is 0 Å². The summed E-state index contributed by atoms with van der Waals surface area (Å²) < 4.78 is 0. The Hall–Kier alpha value is -2.26. The molecular weight excluding hydrogens is 248 g/mol. The van der Waals surface area contributed by atoms with E-state index >= 15 is 0 Å². The van der Waals surface area contributed by atoms with Crippen molar-refractivity contribution in [1.29, 1.82) is 0 Å². The van der Waals surface area contributed by atoms with E-state index in [0.717, 1.165) is 12.1 Å². The molecule has 100 valence electrons. The van der Waals surface area contributed by atoms with Gasteiger partial charge in [-0.15, -0.1) is 4.91 Å². The molecule has 1 saturated heterocycles. The van der Waals surface area contributed by atoms with Crippen LogP contribution in [0.2, 0.25) is 0 Å². The van der Waals surface area contributed by atoms with Crippen LogP contribution in [-0.4, -0.2) is 12.6 Å². The van der Waals surface area contributed by atoms with Gasteiger partial charge >= 0.3 is 0 Å². The highest BCUT2D eigenvalue weighted by molar-refractivity contribution is 5.86. The van der Waals surface area contributed by atoms with E-state index in [1.165, 1.54) is 16.7 Å². The Kier molecular flexibility index (Phi) is 3.44. The van der Waals surface area contributed by atoms with Gasteiger partial charge in [0.05, 0.1) is 0 Å². The van der Waals surface area contributed by atoms with E-state index in [1.807, 2.05) is 12.1 Å². The van der Waals surface area contributed by atoms with Gasteiger partial charge in [0, 0.05) is 12.6 Å². The molecule has 1 heterocycles. The van der Waals surface area contributed by atoms with Gasteiger partial charge in [-0.3, -0.25) is 0 Å². The Morgan fingerprint density at radius 2 is 1.80 bits per heavy atom. The number of rotatable bonds is 4. The Balaban J connectivity index is 1.95. The number of nitrogens with zero attached hydrogens (tertiary/aromatic N) is 1. The molecule has 0 bridgehead atoms. The van der Waals surface area contributed by atoms with Gasteiger partial charge in [-0.2, -0.15) is 0 Å². The molecule has 1 aliphatic rings. The molecule has 2 aromatic rings. The Bertz CT molecular complexity index is 638. The third kappa shape index (κ3) is 2.83. The van der Waals surface area contributed by atoms with Crippen LogP contribution >= 0.6 is 0 Å². The second-order valence-corrected chi connectivity index (χ2v) is 5.11. The van der Waals surface area contributed by atoms with Crippen molar-refractivity contribution >= 4 is 17.3 Å². The fraction of sp³-hybridized carbons (Fsp3) is 0.176. The predicted octanol–water partition coefficient (Wildman–Crippen LogP) is 3.91. The molecule has 0 aromatic heterocycles. The van der Waals surface area contributed by atoms with E-state index in [1.54, 1.807) is 12.1 Å². The Morgan fingerprint density at radius 1 is 1.15 bits per heavy atom. The zero-order chi connectivity index (χ0) is 13.9. The number of hydrogen-bond donors (Lipinski definition) is 1. The van der Waals surface area contributed by atoms with Gasteiger partial charge in [0.15, 0.2) is 0 Å². The lowest BCUT2D eigenvalue weighted by Gasteiger charge is -2.06. The van der Waals surface area contributed by atoms with Crippen molar-refractivity contribution in [3.05, 3.63) is 70.1 Å². The molecule has 0 aliphatic carbocycles. The summed E-state index contributed by atoms with van der Waals surface area (Å²) in [7, 11) is 0. The molecule has 1 aliphatic heterocycles. The molecule has 0 saturated carbocycles. The average Bonchev–Trinajstić information content (AvgIpc) is 3.31. The molecule has 1 unspecified atom stereocenters. The molecular formula is C17H16N2O. The number of nitroso groups, excluding NO2 is 1. The van der Waals surface area contributed by atoms with Crippen LogP contribution in [-0.2, 0) is 0 Å². The molecule has 2 aromatic carbocycles. The first-order valence-corrected chi connectivity index (χ1v) is 6.72. The summed E-state index contributed by atoms with van der Waals surface area (Å²) in [4.78, 5) is 10.5. The van der Waals surface area contributed by atoms with Gasteiger partial charge in [0.25, 0.3) is 0 Å². The quantitative estimate of drug-likeness (QED) is 0.517. The summed E-state index contributed by atoms with van der Waals surface area (Å²) in [6.07, 6.45) is 2.20. The van der Waals surface area contributed by atoms with Gasteiger partial charge in [-0.05, 0) is 47.0 Å². The largest absolute Gasteiger partial charge is 0.307 e. The average molecular weight is 264 g/mol. The van der Waals surface area contributed by atoms with Crippen LogP contribution in [0.3, 0.4) is 0 Å². The fourth-order valence-electron chi connectivity index (χ4n) is 2.22. The number of hydrogen-bond acceptors (Lipinski definition) is 3. The lowest BCUT2D eigenvalue weighted by atomic mass is 9.99. The normalized spacial score (nSPS) is 17.9. The van der Waals surface area contributed by atoms with E-state index in [4.69, 9.17) is 0 Å². The van der Waals surface area contributed by atoms with E-state index in [2.05, 4.69) is 47.8 Å². The van der Waals surface area contributed by atoms with E-state index in [9.17, 15) is 4.91 Å². The third-order valence-corrected chi connectivity index (χ3v) is 3.49. The molecule has 20 heavy (non-hydrogen) atoms. The third-order valence-electron chi connectivity index (χ3n) is 3.49. The molecule has 1 fully saturated rings. The molecule has 3 nitrogen and oxygen atoms in total. The van der Waals surface area contributed by atoms with Crippen molar-refractivity contribution in [2.45, 2.75) is 13.0 Å². The van der Waals surface area contributed by atoms with Gasteiger partial charge in [-0.25, -0.2) is 0 Å². The summed E-state index contributed by atoms with van der Waals surface area (Å²) in [5, 5.41) is 6.28. The standard InChI is InChI=1S/C17H16N2O/c1-12-2-4-13(5-3-12)10-16(17-11-18-17)14-6-8-15(19-20)9-7-14/h2-10,17-18H,11H2,1H3/b16-10-. The highest BCUT2D eigenvalue weighted by atomic mass is 16.3. The lowest BCUT2D eigenvalue weighted by Crippen LogP contribution is -1.96. The molecule has 1 N–H and O–H groups in total. The summed E-state index contributed by atoms with van der Waals surface area (Å²) in [6, 6.07) is 16.3. The molecule has 0 radical (unpaired) electrons. The minimum atomic E-state index is 0.409. The van der Waals surface area contributed by atoms with Crippen molar-refractivity contribution in [1.82, 2.24) is 5.32 Å². The van der Waals surface area contributed by atoms with Crippen LogP contribution in [0.4, 0.5) is 5.69 Å². The van der Waals surface area contributed by atoms with Crippen LogP contribution < -0.4 is 5.32 Å². The van der Waals surface area contributed by atoms with E-state index < -0.39 is 0 Å². The summed E-state index contributed by atoms with van der Waals surface area (Å²) in [5.74, 6) is 0. The van der Waals surface area contributed by atoms with Gasteiger partial charge in [0.1, 0.15) is 5.69 Å². The number of benzene rings is 2. The van der Waals surface area contributed by atoms with Crippen LogP contribution in [0.5, 0.6) is 0 Å². The highest BCUT2D eigenvalue weighted by Crippen LogP contribution is 2.27. The van der Waals surface area contributed by atoms with E-state index in [0.29, 0.717) is 11.7 Å². The van der Waals surface area contributed by atoms with Gasteiger partial charge < -0.3 is 5.32 Å². The van der Waals surface area contributed by atoms with Crippen LogP contribution in [0.1, 0.15) is 16.7 Å². The summed E-state index contributed by atoms with van der Waals surface area (Å²) in [6.45, 7) is 3.09. The maximum Gasteiger partial charge on any atom is 0.108 e. The van der Waals surface area contributed by atoms with Crippen molar-refractivity contribution in [2.75, 3.05) is 6.54 Å². The van der Waals surface area contributed by atoms with Crippen molar-refractivity contribution < 1.29 is 0 Å². The van der Waals surface area contributed by atoms with Crippen LogP contribution in [0.15, 0.2) is 53.7 Å². The zero-order valence-electron chi connectivity index (χ0n) is 11.3. The smallest absolute Gasteiger partial charge is 0.108 e. The first-order valence-electron chi connectivity index (χ1n) is 6.72. The maximum absolute atomic E-state index is 10.5. The number of aryl methyl sites for hydroxylation is 1. The summed E-state index contributed by atoms with van der Waals surface area (Å²) >= 11 is 0. The van der Waals surface area contributed by atoms with Crippen LogP contribution in [0, 0.1) is 11.8 Å². The fourth-order valence-corrected chi connectivity index (χ4v) is 2.22. The predicted molar refractivity (Wildman–Crippen MR) is 82.7 cm³/mol. The van der Waals surface area contributed by atoms with Crippen LogP contribution in [0.25, 0.3) is 11.6 Å². The first-order chi connectivity index (χ1) is 9.76. The second-order valence-electron chi connectivity index (χ2n) is 5.11. The topological polar surface area (TPSA) is 51.4 Å². The summed E-state index contributed by atoms with van der Waals surface area (Å²) in [5.41, 5.74) is 5.30. The maximum atomic E-state index is 10.5. The minimum absolute atomic E-state index is 0.409. The van der Waals surface area contributed by atoms with Crippen molar-refractivity contribution in [2.24, 2.45) is 5.18 Å². The van der Waals surface area contributed by atoms with Gasteiger partial charge in [0.2, 0.25) is 0 Å². The monoisotopic (exact) mass is 264 g/mol. The first kappa shape index (κ1) is 12.8. The van der Waals surface area contributed by atoms with Crippen molar-refractivity contribution in [3.63, 3.8) is 0 Å². The zero-order valence-corrected chi connectivity index (χ0v) is 11.3. The highest BCUT2D eigenvalue weighted by Gasteiger charge is 2.25. The molecule has 3 heteroatoms. The second kappa shape index (κ2) is 5.39. The van der Waals surface area contributed by atoms with Gasteiger partial charge in [-0.1, -0.05) is 42.0 Å². The molecule has 0 spiro atoms.